The SMILES string of the molecule is C/C(=C\C(=O)OC(C)(C)C)c1ccc(-c2ccccc2)cc1. The molecule has 0 saturated carbocycles. The third kappa shape index (κ3) is 4.59. The van der Waals surface area contributed by atoms with Crippen LogP contribution in [0.1, 0.15) is 33.3 Å². The number of carbonyl (C=O) groups is 1. The largest absolute Gasteiger partial charge is 0.457 e. The van der Waals surface area contributed by atoms with Crippen LogP contribution in [0, 0.1) is 0 Å². The summed E-state index contributed by atoms with van der Waals surface area (Å²) >= 11 is 0. The molecule has 2 heteroatoms. The van der Waals surface area contributed by atoms with E-state index in [1.165, 1.54) is 5.56 Å². The summed E-state index contributed by atoms with van der Waals surface area (Å²) in [5, 5.41) is 0. The molecule has 0 radical (unpaired) electrons. The first kappa shape index (κ1) is 16.0. The first-order valence-corrected chi connectivity index (χ1v) is 7.42. The topological polar surface area (TPSA) is 26.3 Å². The van der Waals surface area contributed by atoms with Crippen LogP contribution in [0.2, 0.25) is 0 Å². The number of ether oxygens (including phenoxy) is 1. The molecule has 114 valence electrons. The second-order valence-corrected chi connectivity index (χ2v) is 6.30. The highest BCUT2D eigenvalue weighted by molar-refractivity contribution is 5.91. The standard InChI is InChI=1S/C20H22O2/c1-15(14-19(21)22-20(2,3)4)16-10-12-18(13-11-16)17-8-6-5-7-9-17/h5-14H,1-4H3/b15-14+. The molecule has 0 aliphatic heterocycles. The lowest BCUT2D eigenvalue weighted by atomic mass is 10.0. The van der Waals surface area contributed by atoms with Gasteiger partial charge in [-0.3, -0.25) is 0 Å². The van der Waals surface area contributed by atoms with E-state index in [2.05, 4.69) is 24.3 Å². The predicted octanol–water partition coefficient (Wildman–Crippen LogP) is 5.10. The van der Waals surface area contributed by atoms with Crippen molar-refractivity contribution in [1.29, 1.82) is 0 Å². The van der Waals surface area contributed by atoms with Crippen LogP contribution in [-0.2, 0) is 9.53 Å². The molecular weight excluding hydrogens is 272 g/mol. The van der Waals surface area contributed by atoms with E-state index in [1.807, 2.05) is 58.0 Å². The molecule has 2 rings (SSSR count). The molecule has 0 N–H and O–H groups in total. The zero-order valence-electron chi connectivity index (χ0n) is 13.6. The van der Waals surface area contributed by atoms with Gasteiger partial charge in [-0.25, -0.2) is 4.79 Å². The van der Waals surface area contributed by atoms with Gasteiger partial charge in [0.1, 0.15) is 5.60 Å². The second-order valence-electron chi connectivity index (χ2n) is 6.30. The van der Waals surface area contributed by atoms with Crippen molar-refractivity contribution in [2.75, 3.05) is 0 Å². The minimum Gasteiger partial charge on any atom is -0.457 e. The zero-order valence-corrected chi connectivity index (χ0v) is 13.6. The van der Waals surface area contributed by atoms with Crippen molar-refractivity contribution in [3.8, 4) is 11.1 Å². The molecule has 0 bridgehead atoms. The van der Waals surface area contributed by atoms with Crippen LogP contribution in [0.25, 0.3) is 16.7 Å². The Morgan fingerprint density at radius 3 is 2.00 bits per heavy atom. The molecule has 2 aromatic carbocycles. The number of benzene rings is 2. The molecule has 0 heterocycles. The summed E-state index contributed by atoms with van der Waals surface area (Å²) < 4.78 is 5.31. The monoisotopic (exact) mass is 294 g/mol. The Morgan fingerprint density at radius 1 is 0.909 bits per heavy atom. The first-order chi connectivity index (χ1) is 10.3. The van der Waals surface area contributed by atoms with Gasteiger partial charge in [0.05, 0.1) is 0 Å². The average Bonchev–Trinajstić information content (AvgIpc) is 2.46. The maximum atomic E-state index is 11.8. The van der Waals surface area contributed by atoms with E-state index in [0.29, 0.717) is 0 Å². The highest BCUT2D eigenvalue weighted by Gasteiger charge is 2.14. The molecule has 0 saturated heterocycles. The first-order valence-electron chi connectivity index (χ1n) is 7.42. The average molecular weight is 294 g/mol. The van der Waals surface area contributed by atoms with Gasteiger partial charge in [-0.05, 0) is 50.0 Å². The lowest BCUT2D eigenvalue weighted by Crippen LogP contribution is -2.22. The van der Waals surface area contributed by atoms with Gasteiger partial charge in [0.2, 0.25) is 0 Å². The van der Waals surface area contributed by atoms with E-state index in [0.717, 1.165) is 16.7 Å². The van der Waals surface area contributed by atoms with Gasteiger partial charge in [0, 0.05) is 6.08 Å². The Morgan fingerprint density at radius 2 is 1.45 bits per heavy atom. The lowest BCUT2D eigenvalue weighted by Gasteiger charge is -2.18. The molecule has 22 heavy (non-hydrogen) atoms. The van der Waals surface area contributed by atoms with Gasteiger partial charge >= 0.3 is 5.97 Å². The summed E-state index contributed by atoms with van der Waals surface area (Å²) in [5.74, 6) is -0.308. The van der Waals surface area contributed by atoms with Crippen molar-refractivity contribution >= 4 is 11.5 Å². The molecule has 0 amide bonds. The Bertz CT molecular complexity index is 659. The van der Waals surface area contributed by atoms with Gasteiger partial charge in [-0.2, -0.15) is 0 Å². The molecule has 0 aliphatic rings. The van der Waals surface area contributed by atoms with Crippen molar-refractivity contribution in [2.24, 2.45) is 0 Å². The molecule has 0 fully saturated rings. The van der Waals surface area contributed by atoms with Crippen LogP contribution in [0.4, 0.5) is 0 Å². The number of hydrogen-bond acceptors (Lipinski definition) is 2. The van der Waals surface area contributed by atoms with Gasteiger partial charge in [0.15, 0.2) is 0 Å². The van der Waals surface area contributed by atoms with Crippen molar-refractivity contribution in [3.05, 3.63) is 66.2 Å². The molecule has 0 unspecified atom stereocenters. The van der Waals surface area contributed by atoms with E-state index in [4.69, 9.17) is 4.74 Å². The number of rotatable bonds is 3. The van der Waals surface area contributed by atoms with Crippen LogP contribution in [0.5, 0.6) is 0 Å². The summed E-state index contributed by atoms with van der Waals surface area (Å²) in [6.07, 6.45) is 1.54. The minimum absolute atomic E-state index is 0.308. The van der Waals surface area contributed by atoms with Crippen LogP contribution in [-0.4, -0.2) is 11.6 Å². The summed E-state index contributed by atoms with van der Waals surface area (Å²) in [4.78, 5) is 11.8. The van der Waals surface area contributed by atoms with Gasteiger partial charge in [-0.15, -0.1) is 0 Å². The molecule has 2 nitrogen and oxygen atoms in total. The second kappa shape index (κ2) is 6.61. The van der Waals surface area contributed by atoms with E-state index >= 15 is 0 Å². The minimum atomic E-state index is -0.467. The van der Waals surface area contributed by atoms with E-state index in [-0.39, 0.29) is 5.97 Å². The molecule has 2 aromatic rings. The third-order valence-electron chi connectivity index (χ3n) is 3.19. The van der Waals surface area contributed by atoms with Gasteiger partial charge in [0.25, 0.3) is 0 Å². The number of esters is 1. The van der Waals surface area contributed by atoms with Crippen molar-refractivity contribution in [3.63, 3.8) is 0 Å². The normalized spacial score (nSPS) is 12.1. The van der Waals surface area contributed by atoms with Crippen LogP contribution < -0.4 is 0 Å². The Balaban J connectivity index is 2.15. The molecule has 0 spiro atoms. The lowest BCUT2D eigenvalue weighted by molar-refractivity contribution is -0.148. The summed E-state index contributed by atoms with van der Waals surface area (Å²) in [7, 11) is 0. The van der Waals surface area contributed by atoms with Crippen LogP contribution >= 0.6 is 0 Å². The summed E-state index contributed by atoms with van der Waals surface area (Å²) in [6, 6.07) is 18.4. The van der Waals surface area contributed by atoms with Crippen LogP contribution in [0.3, 0.4) is 0 Å². The number of allylic oxidation sites excluding steroid dienone is 1. The number of hydrogen-bond donors (Lipinski definition) is 0. The number of carbonyl (C=O) groups excluding carboxylic acids is 1. The van der Waals surface area contributed by atoms with Crippen molar-refractivity contribution < 1.29 is 9.53 Å². The van der Waals surface area contributed by atoms with Crippen molar-refractivity contribution in [2.45, 2.75) is 33.3 Å². The maximum Gasteiger partial charge on any atom is 0.331 e. The Kier molecular flexibility index (Phi) is 4.81. The van der Waals surface area contributed by atoms with Crippen molar-refractivity contribution in [1.82, 2.24) is 0 Å². The third-order valence-corrected chi connectivity index (χ3v) is 3.19. The Hall–Kier alpha value is -2.35. The zero-order chi connectivity index (χ0) is 16.2. The molecule has 0 aliphatic carbocycles. The maximum absolute atomic E-state index is 11.8. The van der Waals surface area contributed by atoms with Gasteiger partial charge < -0.3 is 4.74 Å². The van der Waals surface area contributed by atoms with Gasteiger partial charge in [-0.1, -0.05) is 54.6 Å². The van der Waals surface area contributed by atoms with Crippen LogP contribution in [0.15, 0.2) is 60.7 Å². The molecule has 0 atom stereocenters. The fourth-order valence-corrected chi connectivity index (χ4v) is 2.15. The smallest absolute Gasteiger partial charge is 0.331 e. The fraction of sp³-hybridized carbons (Fsp3) is 0.250. The highest BCUT2D eigenvalue weighted by atomic mass is 16.6. The fourth-order valence-electron chi connectivity index (χ4n) is 2.15. The summed E-state index contributed by atoms with van der Waals surface area (Å²) in [6.45, 7) is 7.51. The predicted molar refractivity (Wildman–Crippen MR) is 91.4 cm³/mol. The molecular formula is C20H22O2. The molecule has 0 aromatic heterocycles. The van der Waals surface area contributed by atoms with E-state index < -0.39 is 5.60 Å². The summed E-state index contributed by atoms with van der Waals surface area (Å²) in [5.41, 5.74) is 3.79. The van der Waals surface area contributed by atoms with E-state index in [9.17, 15) is 4.79 Å². The highest BCUT2D eigenvalue weighted by Crippen LogP contribution is 2.22. The quantitative estimate of drug-likeness (QED) is 0.581. The Labute approximate surface area is 132 Å². The van der Waals surface area contributed by atoms with E-state index in [1.54, 1.807) is 6.08 Å².